The van der Waals surface area contributed by atoms with Gasteiger partial charge in [-0.15, -0.1) is 0 Å². The number of para-hydroxylation sites is 2. The van der Waals surface area contributed by atoms with Gasteiger partial charge < -0.3 is 21.3 Å². The molecule has 5 rings (SSSR count). The fourth-order valence-corrected chi connectivity index (χ4v) is 4.73. The second kappa shape index (κ2) is 11.8. The van der Waals surface area contributed by atoms with Crippen LogP contribution in [0.15, 0.2) is 97.3 Å². The molecule has 1 aliphatic heterocycles. The number of hydrogen-bond acceptors (Lipinski definition) is 6. The zero-order chi connectivity index (χ0) is 27.2. The Kier molecular flexibility index (Phi) is 7.84. The van der Waals surface area contributed by atoms with Gasteiger partial charge in [-0.2, -0.15) is 0 Å². The van der Waals surface area contributed by atoms with Crippen LogP contribution in [0.3, 0.4) is 0 Å². The summed E-state index contributed by atoms with van der Waals surface area (Å²) < 4.78 is 0. The predicted molar refractivity (Wildman–Crippen MR) is 156 cm³/mol. The third-order valence-corrected chi connectivity index (χ3v) is 6.87. The number of aromatic nitrogens is 2. The minimum Gasteiger partial charge on any atom is -0.397 e. The maximum atomic E-state index is 13.4. The summed E-state index contributed by atoms with van der Waals surface area (Å²) in [6, 6.07) is 23.8. The van der Waals surface area contributed by atoms with Crippen molar-refractivity contribution in [3.8, 4) is 0 Å². The minimum absolute atomic E-state index is 0.0801. The summed E-state index contributed by atoms with van der Waals surface area (Å²) in [5.74, 6) is -0.169. The van der Waals surface area contributed by atoms with Gasteiger partial charge in [-0.25, -0.2) is 9.97 Å². The number of anilines is 4. The maximum absolute atomic E-state index is 13.4. The standard InChI is InChI=1S/C30H27ClN6O2/c31-22-11-13-23(14-12-22)35-29(39)25-19-37(30-33-16-3-17-34-30)18-24(25)21-9-6-20(7-10-21)8-15-28(38)36-27-5-2-1-4-26(27)32/h1-17,24-25H,18-19,32H2,(H,35,39)(H,36,38)/b15-8+/t24-,25+/m1/s1. The number of carbonyl (C=O) groups is 2. The van der Waals surface area contributed by atoms with Crippen LogP contribution in [0.25, 0.3) is 6.08 Å². The van der Waals surface area contributed by atoms with E-state index in [1.54, 1.807) is 60.9 Å². The lowest BCUT2D eigenvalue weighted by Gasteiger charge is -2.18. The van der Waals surface area contributed by atoms with Gasteiger partial charge in [0.05, 0.1) is 17.3 Å². The first-order valence-electron chi connectivity index (χ1n) is 12.5. The second-order valence-electron chi connectivity index (χ2n) is 9.24. The Balaban J connectivity index is 1.31. The van der Waals surface area contributed by atoms with Crippen LogP contribution in [-0.2, 0) is 9.59 Å². The molecule has 9 heteroatoms. The summed E-state index contributed by atoms with van der Waals surface area (Å²) in [4.78, 5) is 36.5. The zero-order valence-electron chi connectivity index (χ0n) is 21.0. The van der Waals surface area contributed by atoms with Crippen molar-refractivity contribution in [2.75, 3.05) is 34.4 Å². The molecule has 0 saturated carbocycles. The third-order valence-electron chi connectivity index (χ3n) is 6.61. The number of rotatable bonds is 7. The van der Waals surface area contributed by atoms with E-state index in [2.05, 4.69) is 20.6 Å². The maximum Gasteiger partial charge on any atom is 0.248 e. The Morgan fingerprint density at radius 3 is 2.33 bits per heavy atom. The number of carbonyl (C=O) groups excluding carboxylic acids is 2. The van der Waals surface area contributed by atoms with Crippen LogP contribution in [0.1, 0.15) is 17.0 Å². The van der Waals surface area contributed by atoms with Crippen molar-refractivity contribution in [2.24, 2.45) is 5.92 Å². The molecule has 2 heterocycles. The van der Waals surface area contributed by atoms with E-state index < -0.39 is 0 Å². The lowest BCUT2D eigenvalue weighted by molar-refractivity contribution is -0.119. The van der Waals surface area contributed by atoms with E-state index in [1.807, 2.05) is 41.3 Å². The highest BCUT2D eigenvalue weighted by atomic mass is 35.5. The molecule has 0 bridgehead atoms. The molecule has 0 radical (unpaired) electrons. The van der Waals surface area contributed by atoms with E-state index in [4.69, 9.17) is 17.3 Å². The summed E-state index contributed by atoms with van der Waals surface area (Å²) in [6.07, 6.45) is 6.60. The first-order valence-corrected chi connectivity index (χ1v) is 12.9. The molecule has 0 aliphatic carbocycles. The molecule has 2 atom stereocenters. The van der Waals surface area contributed by atoms with Crippen LogP contribution in [0.5, 0.6) is 0 Å². The number of benzene rings is 3. The van der Waals surface area contributed by atoms with Crippen LogP contribution < -0.4 is 21.3 Å². The monoisotopic (exact) mass is 538 g/mol. The molecule has 1 saturated heterocycles. The molecule has 4 aromatic rings. The van der Waals surface area contributed by atoms with Crippen LogP contribution in [0.4, 0.5) is 23.0 Å². The fraction of sp³-hybridized carbons (Fsp3) is 0.133. The van der Waals surface area contributed by atoms with Crippen molar-refractivity contribution in [1.29, 1.82) is 0 Å². The van der Waals surface area contributed by atoms with Gasteiger partial charge in [-0.3, -0.25) is 9.59 Å². The van der Waals surface area contributed by atoms with Gasteiger partial charge in [0, 0.05) is 48.2 Å². The quantitative estimate of drug-likeness (QED) is 0.219. The number of nitrogens with one attached hydrogen (secondary N) is 2. The normalized spacial score (nSPS) is 16.8. The molecular formula is C30H27ClN6O2. The summed E-state index contributed by atoms with van der Waals surface area (Å²) in [7, 11) is 0. The van der Waals surface area contributed by atoms with E-state index >= 15 is 0 Å². The molecule has 2 amide bonds. The van der Waals surface area contributed by atoms with E-state index in [-0.39, 0.29) is 23.7 Å². The Labute approximate surface area is 231 Å². The van der Waals surface area contributed by atoms with Gasteiger partial charge in [-0.05, 0) is 59.7 Å². The number of hydrogen-bond donors (Lipinski definition) is 3. The highest BCUT2D eigenvalue weighted by molar-refractivity contribution is 6.30. The molecule has 0 unspecified atom stereocenters. The number of amides is 2. The molecule has 4 N–H and O–H groups in total. The third kappa shape index (κ3) is 6.42. The van der Waals surface area contributed by atoms with Gasteiger partial charge in [-0.1, -0.05) is 48.0 Å². The highest BCUT2D eigenvalue weighted by Crippen LogP contribution is 2.35. The van der Waals surface area contributed by atoms with E-state index in [9.17, 15) is 9.59 Å². The average molecular weight is 539 g/mol. The minimum atomic E-state index is -0.326. The molecule has 1 fully saturated rings. The molecule has 1 aliphatic rings. The SMILES string of the molecule is Nc1ccccc1NC(=O)/C=C/c1ccc([C@H]2CN(c3ncccn3)C[C@@H]2C(=O)Nc2ccc(Cl)cc2)cc1. The van der Waals surface area contributed by atoms with E-state index in [0.29, 0.717) is 41.1 Å². The first-order chi connectivity index (χ1) is 19.0. The van der Waals surface area contributed by atoms with Crippen molar-refractivity contribution in [1.82, 2.24) is 9.97 Å². The van der Waals surface area contributed by atoms with Crippen LogP contribution >= 0.6 is 11.6 Å². The number of nitrogens with zero attached hydrogens (tertiary/aromatic N) is 3. The van der Waals surface area contributed by atoms with Gasteiger partial charge >= 0.3 is 0 Å². The van der Waals surface area contributed by atoms with Gasteiger partial charge in [0.1, 0.15) is 0 Å². The van der Waals surface area contributed by atoms with Crippen LogP contribution in [0.2, 0.25) is 5.02 Å². The molecule has 3 aromatic carbocycles. The predicted octanol–water partition coefficient (Wildman–Crippen LogP) is 5.22. The Bertz CT molecular complexity index is 1480. The van der Waals surface area contributed by atoms with Crippen molar-refractivity contribution in [3.63, 3.8) is 0 Å². The Morgan fingerprint density at radius 1 is 0.897 bits per heavy atom. The van der Waals surface area contributed by atoms with Crippen molar-refractivity contribution >= 4 is 52.5 Å². The number of nitrogen functional groups attached to an aromatic ring is 1. The molecule has 39 heavy (non-hydrogen) atoms. The zero-order valence-corrected chi connectivity index (χ0v) is 21.8. The summed E-state index contributed by atoms with van der Waals surface area (Å²) in [6.45, 7) is 1.08. The summed E-state index contributed by atoms with van der Waals surface area (Å²) in [5.41, 5.74) is 9.53. The lowest BCUT2D eigenvalue weighted by atomic mass is 9.88. The molecule has 196 valence electrons. The van der Waals surface area contributed by atoms with Crippen LogP contribution in [0, 0.1) is 5.92 Å². The van der Waals surface area contributed by atoms with Crippen molar-refractivity contribution in [2.45, 2.75) is 5.92 Å². The van der Waals surface area contributed by atoms with Crippen LogP contribution in [-0.4, -0.2) is 34.9 Å². The average Bonchev–Trinajstić information content (AvgIpc) is 3.41. The van der Waals surface area contributed by atoms with E-state index in [0.717, 1.165) is 11.1 Å². The largest absolute Gasteiger partial charge is 0.397 e. The molecule has 1 aromatic heterocycles. The van der Waals surface area contributed by atoms with E-state index in [1.165, 1.54) is 6.08 Å². The first kappa shape index (κ1) is 25.9. The Hall–Kier alpha value is -4.69. The number of nitrogens with two attached hydrogens (primary N) is 1. The van der Waals surface area contributed by atoms with Crippen molar-refractivity contribution in [3.05, 3.63) is 113 Å². The Morgan fingerprint density at radius 2 is 1.62 bits per heavy atom. The number of halogens is 1. The fourth-order valence-electron chi connectivity index (χ4n) is 4.60. The van der Waals surface area contributed by atoms with Gasteiger partial charge in [0.15, 0.2) is 0 Å². The lowest BCUT2D eigenvalue weighted by Crippen LogP contribution is -2.29. The smallest absolute Gasteiger partial charge is 0.248 e. The summed E-state index contributed by atoms with van der Waals surface area (Å²) in [5, 5.41) is 6.41. The van der Waals surface area contributed by atoms with Gasteiger partial charge in [0.2, 0.25) is 17.8 Å². The second-order valence-corrected chi connectivity index (χ2v) is 9.68. The molecule has 0 spiro atoms. The van der Waals surface area contributed by atoms with Crippen molar-refractivity contribution < 1.29 is 9.59 Å². The molecular weight excluding hydrogens is 512 g/mol. The highest BCUT2D eigenvalue weighted by Gasteiger charge is 2.39. The van der Waals surface area contributed by atoms with Gasteiger partial charge in [0.25, 0.3) is 0 Å². The molecule has 8 nitrogen and oxygen atoms in total. The summed E-state index contributed by atoms with van der Waals surface area (Å²) >= 11 is 6.00. The topological polar surface area (TPSA) is 113 Å².